The van der Waals surface area contributed by atoms with Gasteiger partial charge in [0.05, 0.1) is 5.94 Å². The number of hydrogen-bond acceptors (Lipinski definition) is 7. The molecule has 4 amide bonds. The molecular formula is C26H39BN4O8. The summed E-state index contributed by atoms with van der Waals surface area (Å²) in [5.74, 6) is -3.58. The Kier molecular flexibility index (Phi) is 11.9. The van der Waals surface area contributed by atoms with Crippen molar-refractivity contribution < 1.29 is 38.4 Å². The van der Waals surface area contributed by atoms with Gasteiger partial charge < -0.3 is 35.3 Å². The lowest BCUT2D eigenvalue weighted by Gasteiger charge is -2.32. The molecule has 0 unspecified atom stereocenters. The van der Waals surface area contributed by atoms with Gasteiger partial charge in [-0.25, -0.2) is 0 Å². The molecule has 12 nitrogen and oxygen atoms in total. The number of nitrogens with one attached hydrogen (secondary N) is 3. The van der Waals surface area contributed by atoms with Gasteiger partial charge in [0.15, 0.2) is 0 Å². The highest BCUT2D eigenvalue weighted by molar-refractivity contribution is 6.46. The van der Waals surface area contributed by atoms with E-state index in [2.05, 4.69) is 16.0 Å². The third-order valence-electron chi connectivity index (χ3n) is 6.65. The zero-order chi connectivity index (χ0) is 29.3. The smallest absolute Gasteiger partial charge is 0.480 e. The molecule has 1 aromatic rings. The molecule has 0 spiro atoms. The van der Waals surface area contributed by atoms with Gasteiger partial charge in [0, 0.05) is 31.9 Å². The summed E-state index contributed by atoms with van der Waals surface area (Å²) < 4.78 is 10.7. The number of carbonyl (C=O) groups excluding carboxylic acids is 4. The summed E-state index contributed by atoms with van der Waals surface area (Å²) in [4.78, 5) is 64.0. The summed E-state index contributed by atoms with van der Waals surface area (Å²) in [6, 6.07) is 4.08. The number of carboxylic acids is 1. The highest BCUT2D eigenvalue weighted by Gasteiger charge is 2.41. The van der Waals surface area contributed by atoms with Crippen LogP contribution in [0.25, 0.3) is 0 Å². The predicted molar refractivity (Wildman–Crippen MR) is 144 cm³/mol. The van der Waals surface area contributed by atoms with Gasteiger partial charge in [0.1, 0.15) is 18.6 Å². The largest absolute Gasteiger partial charge is 0.480 e. The van der Waals surface area contributed by atoms with Crippen molar-refractivity contribution >= 4 is 36.7 Å². The van der Waals surface area contributed by atoms with E-state index >= 15 is 0 Å². The van der Waals surface area contributed by atoms with Gasteiger partial charge in [-0.1, -0.05) is 27.7 Å². The first kappa shape index (κ1) is 31.8. The van der Waals surface area contributed by atoms with Crippen molar-refractivity contribution in [3.63, 3.8) is 0 Å². The van der Waals surface area contributed by atoms with Crippen LogP contribution in [0.3, 0.4) is 0 Å². The Labute approximate surface area is 229 Å². The second kappa shape index (κ2) is 14.6. The molecule has 0 bridgehead atoms. The molecule has 3 atom stereocenters. The Morgan fingerprint density at radius 3 is 2.00 bits per heavy atom. The van der Waals surface area contributed by atoms with Crippen LogP contribution in [-0.2, 0) is 23.7 Å². The van der Waals surface area contributed by atoms with Gasteiger partial charge in [-0.3, -0.25) is 24.0 Å². The molecule has 0 aliphatic carbocycles. The van der Waals surface area contributed by atoms with Crippen LogP contribution < -0.4 is 16.0 Å². The topological polar surface area (TPSA) is 163 Å². The van der Waals surface area contributed by atoms with Gasteiger partial charge >= 0.3 is 13.1 Å². The number of aliphatic carboxylic acids is 1. The lowest BCUT2D eigenvalue weighted by Crippen LogP contribution is -2.58. The highest BCUT2D eigenvalue weighted by Crippen LogP contribution is 2.22. The first-order valence-corrected chi connectivity index (χ1v) is 13.0. The molecule has 214 valence electrons. The molecule has 1 heterocycles. The number of rotatable bonds is 13. The lowest BCUT2D eigenvalue weighted by molar-refractivity contribution is -0.140. The van der Waals surface area contributed by atoms with Crippen molar-refractivity contribution in [2.45, 2.75) is 58.6 Å². The summed E-state index contributed by atoms with van der Waals surface area (Å²) in [6.45, 7) is 7.35. The van der Waals surface area contributed by atoms with Crippen LogP contribution >= 0.6 is 0 Å². The number of likely N-dealkylation sites (tertiary alicyclic amines) is 1. The van der Waals surface area contributed by atoms with E-state index in [1.807, 2.05) is 13.8 Å². The van der Waals surface area contributed by atoms with Crippen LogP contribution in [0.5, 0.6) is 0 Å². The normalized spacial score (nSPS) is 16.5. The van der Waals surface area contributed by atoms with Crippen molar-refractivity contribution in [1.82, 2.24) is 20.9 Å². The molecule has 1 aromatic carbocycles. The summed E-state index contributed by atoms with van der Waals surface area (Å²) in [7, 11) is 2.36. The van der Waals surface area contributed by atoms with E-state index in [9.17, 15) is 24.0 Å². The van der Waals surface area contributed by atoms with E-state index in [0.717, 1.165) is 0 Å². The van der Waals surface area contributed by atoms with E-state index in [4.69, 9.17) is 14.4 Å². The lowest BCUT2D eigenvalue weighted by atomic mass is 9.71. The maximum atomic E-state index is 13.6. The monoisotopic (exact) mass is 546 g/mol. The minimum absolute atomic E-state index is 0.0155. The summed E-state index contributed by atoms with van der Waals surface area (Å²) in [5.41, 5.74) is 0.419. The maximum Gasteiger partial charge on any atom is 0.480 e. The molecule has 0 saturated carbocycles. The number of carbonyl (C=O) groups is 5. The molecule has 1 fully saturated rings. The standard InChI is InChI=1S/C26H39BN4O8/c1-15(2)21(29-24(35)18-11-9-17(10-12-18)23(34)28-14-20(32)33)26(37)31-13-7-8-19(31)25(36)30-22(16(3)4)27(38-5)39-6/h9-12,15-16,19,21-22H,7-8,13-14H2,1-6H3,(H,28,34)(H,29,35)(H,30,36)(H,32,33)/t19-,21-,22-/m0/s1. The fraction of sp³-hybridized carbons (Fsp3) is 0.577. The molecule has 4 N–H and O–H groups in total. The van der Waals surface area contributed by atoms with E-state index in [1.54, 1.807) is 13.8 Å². The van der Waals surface area contributed by atoms with Crippen LogP contribution in [0.15, 0.2) is 24.3 Å². The van der Waals surface area contributed by atoms with E-state index in [0.29, 0.717) is 19.4 Å². The molecule has 0 aromatic heterocycles. The van der Waals surface area contributed by atoms with Gasteiger partial charge in [-0.05, 0) is 48.9 Å². The number of carboxylic acid groups (broad SMARTS) is 1. The average Bonchev–Trinajstić information content (AvgIpc) is 3.40. The van der Waals surface area contributed by atoms with Crippen LogP contribution in [0.4, 0.5) is 0 Å². The van der Waals surface area contributed by atoms with Crippen LogP contribution in [0.2, 0.25) is 0 Å². The van der Waals surface area contributed by atoms with Crippen molar-refractivity contribution in [2.24, 2.45) is 11.8 Å². The van der Waals surface area contributed by atoms with Crippen molar-refractivity contribution in [3.05, 3.63) is 35.4 Å². The Morgan fingerprint density at radius 2 is 1.51 bits per heavy atom. The molecule has 39 heavy (non-hydrogen) atoms. The molecule has 1 aliphatic rings. The van der Waals surface area contributed by atoms with Gasteiger partial charge in [0.25, 0.3) is 11.8 Å². The molecule has 2 rings (SSSR count). The maximum absolute atomic E-state index is 13.6. The molecule has 1 aliphatic heterocycles. The molecular weight excluding hydrogens is 507 g/mol. The zero-order valence-corrected chi connectivity index (χ0v) is 23.4. The summed E-state index contributed by atoms with van der Waals surface area (Å²) >= 11 is 0. The quantitative estimate of drug-likeness (QED) is 0.263. The number of nitrogens with zero attached hydrogens (tertiary/aromatic N) is 1. The van der Waals surface area contributed by atoms with Crippen molar-refractivity contribution in [3.8, 4) is 0 Å². The van der Waals surface area contributed by atoms with Crippen molar-refractivity contribution in [2.75, 3.05) is 27.3 Å². The van der Waals surface area contributed by atoms with Gasteiger partial charge in [-0.15, -0.1) is 0 Å². The SMILES string of the molecule is COB(OC)[C@@H](NC(=O)[C@@H]1CCCN1C(=O)[C@@H](NC(=O)c1ccc(C(=O)NCC(=O)O)cc1)C(C)C)C(C)C. The number of amides is 4. The molecule has 1 saturated heterocycles. The van der Waals surface area contributed by atoms with Crippen LogP contribution in [0, 0.1) is 11.8 Å². The number of benzene rings is 1. The summed E-state index contributed by atoms with van der Waals surface area (Å²) in [5, 5.41) is 16.7. The first-order valence-electron chi connectivity index (χ1n) is 13.0. The number of hydrogen-bond donors (Lipinski definition) is 4. The predicted octanol–water partition coefficient (Wildman–Crippen LogP) is 0.707. The minimum atomic E-state index is -1.17. The fourth-order valence-corrected chi connectivity index (χ4v) is 4.45. The second-order valence-electron chi connectivity index (χ2n) is 10.2. The fourth-order valence-electron chi connectivity index (χ4n) is 4.45. The Bertz CT molecular complexity index is 1030. The van der Waals surface area contributed by atoms with Crippen LogP contribution in [0.1, 0.15) is 61.3 Å². The van der Waals surface area contributed by atoms with Gasteiger partial charge in [-0.2, -0.15) is 0 Å². The molecule has 13 heteroatoms. The Balaban J connectivity index is 2.12. The second-order valence-corrected chi connectivity index (χ2v) is 10.2. The Morgan fingerprint density at radius 1 is 0.949 bits per heavy atom. The highest BCUT2D eigenvalue weighted by atomic mass is 16.6. The van der Waals surface area contributed by atoms with Crippen molar-refractivity contribution in [1.29, 1.82) is 0 Å². The zero-order valence-electron chi connectivity index (χ0n) is 23.4. The Hall–Kier alpha value is -3.45. The average molecular weight is 546 g/mol. The third-order valence-corrected chi connectivity index (χ3v) is 6.65. The third kappa shape index (κ3) is 8.52. The summed E-state index contributed by atoms with van der Waals surface area (Å²) in [6.07, 6.45) is 1.15. The minimum Gasteiger partial charge on any atom is -0.480 e. The molecule has 0 radical (unpaired) electrons. The van der Waals surface area contributed by atoms with Gasteiger partial charge in [0.2, 0.25) is 11.8 Å². The van der Waals surface area contributed by atoms with E-state index in [-0.39, 0.29) is 34.8 Å². The first-order chi connectivity index (χ1) is 18.4. The van der Waals surface area contributed by atoms with E-state index in [1.165, 1.54) is 43.4 Å². The van der Waals surface area contributed by atoms with E-state index < -0.39 is 49.5 Å². The van der Waals surface area contributed by atoms with Crippen LogP contribution in [-0.4, -0.2) is 92.1 Å².